The molecule has 0 aliphatic carbocycles. The highest BCUT2D eigenvalue weighted by Crippen LogP contribution is 2.33. The first-order chi connectivity index (χ1) is 9.40. The molecule has 1 unspecified atom stereocenters. The van der Waals surface area contributed by atoms with Crippen LogP contribution < -0.4 is 0 Å². The summed E-state index contributed by atoms with van der Waals surface area (Å²) in [6.07, 6.45) is 0.0316. The van der Waals surface area contributed by atoms with E-state index in [4.69, 9.17) is 21.4 Å². The zero-order chi connectivity index (χ0) is 14.8. The first-order valence-electron chi connectivity index (χ1n) is 6.73. The van der Waals surface area contributed by atoms with E-state index in [2.05, 4.69) is 18.7 Å². The Kier molecular flexibility index (Phi) is 6.47. The van der Waals surface area contributed by atoms with Crippen LogP contribution in [0.15, 0.2) is 24.3 Å². The Labute approximate surface area is 136 Å². The molecule has 0 bridgehead atoms. The maximum Gasteiger partial charge on any atom is 0.304 e. The predicted octanol–water partition coefficient (Wildman–Crippen LogP) is 3.39. The van der Waals surface area contributed by atoms with Crippen LogP contribution >= 0.6 is 24.0 Å². The van der Waals surface area contributed by atoms with Crippen LogP contribution in [0.4, 0.5) is 0 Å². The second-order valence-corrected chi connectivity index (χ2v) is 6.13. The van der Waals surface area contributed by atoms with Crippen LogP contribution in [0.5, 0.6) is 0 Å². The molecule has 118 valence electrons. The van der Waals surface area contributed by atoms with Gasteiger partial charge in [0, 0.05) is 29.2 Å². The lowest BCUT2D eigenvalue weighted by Crippen LogP contribution is -2.54. The lowest BCUT2D eigenvalue weighted by molar-refractivity contribution is -0.140. The van der Waals surface area contributed by atoms with Gasteiger partial charge in [-0.05, 0) is 19.9 Å². The maximum absolute atomic E-state index is 10.8. The molecular formula is C15H21Cl2NO3. The second kappa shape index (κ2) is 7.45. The Balaban J connectivity index is 0.00000220. The summed E-state index contributed by atoms with van der Waals surface area (Å²) < 4.78 is 5.92. The zero-order valence-electron chi connectivity index (χ0n) is 12.2. The van der Waals surface area contributed by atoms with Crippen molar-refractivity contribution in [3.05, 3.63) is 34.9 Å². The van der Waals surface area contributed by atoms with Crippen LogP contribution in [0.2, 0.25) is 5.02 Å². The molecule has 1 atom stereocenters. The van der Waals surface area contributed by atoms with Gasteiger partial charge in [-0.2, -0.15) is 0 Å². The van der Waals surface area contributed by atoms with Crippen molar-refractivity contribution in [2.45, 2.75) is 31.9 Å². The summed E-state index contributed by atoms with van der Waals surface area (Å²) in [4.78, 5) is 12.9. The van der Waals surface area contributed by atoms with Crippen molar-refractivity contribution in [3.8, 4) is 0 Å². The first-order valence-corrected chi connectivity index (χ1v) is 7.11. The smallest absolute Gasteiger partial charge is 0.304 e. The van der Waals surface area contributed by atoms with Gasteiger partial charge in [0.1, 0.15) is 0 Å². The molecule has 0 saturated carbocycles. The summed E-state index contributed by atoms with van der Waals surface area (Å²) in [5.41, 5.74) is 0.803. The largest absolute Gasteiger partial charge is 0.481 e. The van der Waals surface area contributed by atoms with E-state index in [1.54, 1.807) is 0 Å². The molecule has 1 aromatic carbocycles. The highest BCUT2D eigenvalue weighted by Gasteiger charge is 2.36. The van der Waals surface area contributed by atoms with Crippen LogP contribution in [-0.4, -0.2) is 41.2 Å². The van der Waals surface area contributed by atoms with Gasteiger partial charge in [0.15, 0.2) is 0 Å². The summed E-state index contributed by atoms with van der Waals surface area (Å²) in [5, 5.41) is 9.55. The summed E-state index contributed by atoms with van der Waals surface area (Å²) in [6.45, 7) is 5.87. The van der Waals surface area contributed by atoms with Gasteiger partial charge < -0.3 is 9.84 Å². The van der Waals surface area contributed by atoms with E-state index in [0.717, 1.165) is 5.56 Å². The van der Waals surface area contributed by atoms with Crippen LogP contribution in [0.1, 0.15) is 31.9 Å². The standard InChI is InChI=1S/C15H20ClNO3.ClH/c1-15(2)10-20-13(9-17(15)8-7-14(18)19)11-5-3-4-6-12(11)16;/h3-6,13H,7-10H2,1-2H3,(H,18,19);1H. The maximum atomic E-state index is 10.8. The third-order valence-corrected chi connectivity index (χ3v) is 4.07. The SMILES string of the molecule is CC1(C)COC(c2ccccc2Cl)CN1CCC(=O)O.Cl. The number of hydrogen-bond acceptors (Lipinski definition) is 3. The zero-order valence-corrected chi connectivity index (χ0v) is 13.8. The van der Waals surface area contributed by atoms with Gasteiger partial charge in [0.05, 0.1) is 19.1 Å². The van der Waals surface area contributed by atoms with Crippen molar-refractivity contribution >= 4 is 30.0 Å². The van der Waals surface area contributed by atoms with E-state index >= 15 is 0 Å². The molecule has 1 heterocycles. The Morgan fingerprint density at radius 3 is 2.76 bits per heavy atom. The lowest BCUT2D eigenvalue weighted by atomic mass is 9.98. The van der Waals surface area contributed by atoms with Crippen LogP contribution in [-0.2, 0) is 9.53 Å². The van der Waals surface area contributed by atoms with Gasteiger partial charge >= 0.3 is 5.97 Å². The number of morpholine rings is 1. The number of nitrogens with zero attached hydrogens (tertiary/aromatic N) is 1. The Morgan fingerprint density at radius 1 is 1.48 bits per heavy atom. The molecule has 2 rings (SSSR count). The number of carboxylic acids is 1. The first kappa shape index (κ1) is 18.2. The highest BCUT2D eigenvalue weighted by molar-refractivity contribution is 6.31. The normalized spacial score (nSPS) is 21.6. The third kappa shape index (κ3) is 4.58. The van der Waals surface area contributed by atoms with Crippen LogP contribution in [0.25, 0.3) is 0 Å². The Hall–Kier alpha value is -0.810. The average molecular weight is 334 g/mol. The minimum atomic E-state index is -0.776. The van der Waals surface area contributed by atoms with Crippen molar-refractivity contribution in [1.29, 1.82) is 0 Å². The quantitative estimate of drug-likeness (QED) is 0.917. The number of carbonyl (C=O) groups is 1. The topological polar surface area (TPSA) is 49.8 Å². The molecule has 0 radical (unpaired) electrons. The Bertz CT molecular complexity index is 494. The van der Waals surface area contributed by atoms with Crippen molar-refractivity contribution in [1.82, 2.24) is 4.90 Å². The van der Waals surface area contributed by atoms with Gasteiger partial charge in [0.2, 0.25) is 0 Å². The molecule has 6 heteroatoms. The van der Waals surface area contributed by atoms with Crippen molar-refractivity contribution in [2.75, 3.05) is 19.7 Å². The van der Waals surface area contributed by atoms with Gasteiger partial charge in [-0.3, -0.25) is 9.69 Å². The van der Waals surface area contributed by atoms with Crippen LogP contribution in [0, 0.1) is 0 Å². The second-order valence-electron chi connectivity index (χ2n) is 5.72. The molecule has 1 saturated heterocycles. The molecule has 0 aromatic heterocycles. The van der Waals surface area contributed by atoms with E-state index < -0.39 is 5.97 Å². The van der Waals surface area contributed by atoms with Gasteiger partial charge in [-0.15, -0.1) is 12.4 Å². The molecule has 4 nitrogen and oxygen atoms in total. The third-order valence-electron chi connectivity index (χ3n) is 3.73. The summed E-state index contributed by atoms with van der Waals surface area (Å²) in [7, 11) is 0. The molecule has 0 spiro atoms. The van der Waals surface area contributed by atoms with Gasteiger partial charge in [-0.25, -0.2) is 0 Å². The number of carboxylic acid groups (broad SMARTS) is 1. The van der Waals surface area contributed by atoms with Crippen molar-refractivity contribution in [3.63, 3.8) is 0 Å². The summed E-state index contributed by atoms with van der Waals surface area (Å²) >= 11 is 6.21. The number of aliphatic carboxylic acids is 1. The molecule has 1 aliphatic rings. The summed E-state index contributed by atoms with van der Waals surface area (Å²) in [6, 6.07) is 7.63. The average Bonchev–Trinajstić information content (AvgIpc) is 2.38. The summed E-state index contributed by atoms with van der Waals surface area (Å²) in [5.74, 6) is -0.776. The fourth-order valence-corrected chi connectivity index (χ4v) is 2.70. The van der Waals surface area contributed by atoms with Gasteiger partial charge in [-0.1, -0.05) is 29.8 Å². The fraction of sp³-hybridized carbons (Fsp3) is 0.533. The number of hydrogen-bond donors (Lipinski definition) is 1. The minimum absolute atomic E-state index is 0. The molecule has 1 N–H and O–H groups in total. The van der Waals surface area contributed by atoms with E-state index in [0.29, 0.717) is 24.7 Å². The number of rotatable bonds is 4. The molecular weight excluding hydrogens is 313 g/mol. The van der Waals surface area contributed by atoms with E-state index in [1.807, 2.05) is 24.3 Å². The van der Waals surface area contributed by atoms with E-state index in [9.17, 15) is 4.79 Å². The number of ether oxygens (including phenoxy) is 1. The number of halogens is 2. The number of benzene rings is 1. The van der Waals surface area contributed by atoms with E-state index in [1.165, 1.54) is 0 Å². The monoisotopic (exact) mass is 333 g/mol. The molecule has 1 fully saturated rings. The Morgan fingerprint density at radius 2 is 2.14 bits per heavy atom. The fourth-order valence-electron chi connectivity index (χ4n) is 2.44. The van der Waals surface area contributed by atoms with E-state index in [-0.39, 0.29) is 30.5 Å². The molecule has 1 aliphatic heterocycles. The highest BCUT2D eigenvalue weighted by atomic mass is 35.5. The van der Waals surface area contributed by atoms with Gasteiger partial charge in [0.25, 0.3) is 0 Å². The van der Waals surface area contributed by atoms with Crippen molar-refractivity contribution < 1.29 is 14.6 Å². The minimum Gasteiger partial charge on any atom is -0.481 e. The lowest BCUT2D eigenvalue weighted by Gasteiger charge is -2.45. The van der Waals surface area contributed by atoms with Crippen LogP contribution in [0.3, 0.4) is 0 Å². The molecule has 21 heavy (non-hydrogen) atoms. The molecule has 1 aromatic rings. The molecule has 0 amide bonds. The van der Waals surface area contributed by atoms with Crippen molar-refractivity contribution in [2.24, 2.45) is 0 Å². The predicted molar refractivity (Wildman–Crippen MR) is 85.3 cm³/mol.